The third kappa shape index (κ3) is 4.25. The van der Waals surface area contributed by atoms with E-state index >= 15 is 0 Å². The molecule has 114 valence electrons. The molecule has 1 atom stereocenters. The zero-order valence-corrected chi connectivity index (χ0v) is 13.1. The number of hydrogen-bond donors (Lipinski definition) is 1. The molecule has 1 N–H and O–H groups in total. The Morgan fingerprint density at radius 3 is 2.57 bits per heavy atom. The molecule has 0 aliphatic carbocycles. The van der Waals surface area contributed by atoms with Gasteiger partial charge in [-0.25, -0.2) is 0 Å². The number of benzene rings is 1. The second kappa shape index (κ2) is 7.00. The summed E-state index contributed by atoms with van der Waals surface area (Å²) in [6, 6.07) is 8.98. The lowest BCUT2D eigenvalue weighted by Crippen LogP contribution is -2.19. The maximum Gasteiger partial charge on any atom is 0.387 e. The molecule has 0 amide bonds. The Balaban J connectivity index is 2.06. The van der Waals surface area contributed by atoms with Crippen LogP contribution < -0.4 is 10.1 Å². The van der Waals surface area contributed by atoms with Crippen LogP contribution in [0.3, 0.4) is 0 Å². The predicted molar refractivity (Wildman–Crippen MR) is 82.1 cm³/mol. The summed E-state index contributed by atoms with van der Waals surface area (Å²) in [6.07, 6.45) is 0. The van der Waals surface area contributed by atoms with Crippen molar-refractivity contribution in [3.8, 4) is 5.75 Å². The monoisotopic (exact) mass is 311 g/mol. The Hall–Kier alpha value is -1.46. The minimum Gasteiger partial charge on any atom is -0.434 e. The van der Waals surface area contributed by atoms with Crippen molar-refractivity contribution in [1.82, 2.24) is 5.32 Å². The summed E-state index contributed by atoms with van der Waals surface area (Å²) >= 11 is 1.76. The summed E-state index contributed by atoms with van der Waals surface area (Å²) < 4.78 is 29.4. The molecule has 2 nitrogen and oxygen atoms in total. The third-order valence-electron chi connectivity index (χ3n) is 3.34. The molecular formula is C16H19F2NOS. The maximum absolute atomic E-state index is 12.4. The summed E-state index contributed by atoms with van der Waals surface area (Å²) in [5.41, 5.74) is 1.99. The number of para-hydroxylation sites is 1. The molecule has 2 aromatic rings. The molecular weight excluding hydrogens is 292 g/mol. The summed E-state index contributed by atoms with van der Waals surface area (Å²) in [5.74, 6) is 0.228. The average Bonchev–Trinajstić information content (AvgIpc) is 2.74. The van der Waals surface area contributed by atoms with Crippen LogP contribution in [0.15, 0.2) is 30.3 Å². The van der Waals surface area contributed by atoms with Gasteiger partial charge in [0.25, 0.3) is 0 Å². The largest absolute Gasteiger partial charge is 0.434 e. The van der Waals surface area contributed by atoms with Crippen molar-refractivity contribution in [2.45, 2.75) is 40.0 Å². The summed E-state index contributed by atoms with van der Waals surface area (Å²) in [7, 11) is 0. The van der Waals surface area contributed by atoms with Crippen LogP contribution in [0.25, 0.3) is 0 Å². The first-order chi connectivity index (χ1) is 9.97. The molecule has 21 heavy (non-hydrogen) atoms. The van der Waals surface area contributed by atoms with E-state index < -0.39 is 6.61 Å². The molecule has 0 aliphatic rings. The fourth-order valence-electron chi connectivity index (χ4n) is 2.27. The number of nitrogens with one attached hydrogen (secondary N) is 1. The number of alkyl halides is 2. The predicted octanol–water partition coefficient (Wildman–Crippen LogP) is 4.82. The Morgan fingerprint density at radius 1 is 1.24 bits per heavy atom. The summed E-state index contributed by atoms with van der Waals surface area (Å²) in [5, 5.41) is 3.36. The van der Waals surface area contributed by atoms with Crippen LogP contribution in [0.5, 0.6) is 5.75 Å². The van der Waals surface area contributed by atoms with Crippen molar-refractivity contribution in [2.24, 2.45) is 0 Å². The molecule has 1 unspecified atom stereocenters. The number of rotatable bonds is 6. The number of aryl methyl sites for hydroxylation is 2. The van der Waals surface area contributed by atoms with Crippen LogP contribution in [-0.4, -0.2) is 6.61 Å². The highest BCUT2D eigenvalue weighted by atomic mass is 32.1. The van der Waals surface area contributed by atoms with Crippen LogP contribution in [0, 0.1) is 13.8 Å². The van der Waals surface area contributed by atoms with Gasteiger partial charge in [0.15, 0.2) is 0 Å². The minimum atomic E-state index is -2.81. The van der Waals surface area contributed by atoms with Crippen molar-refractivity contribution in [3.63, 3.8) is 0 Å². The van der Waals surface area contributed by atoms with Crippen LogP contribution >= 0.6 is 11.3 Å². The van der Waals surface area contributed by atoms with Crippen LogP contribution in [-0.2, 0) is 6.54 Å². The van der Waals surface area contributed by atoms with E-state index in [9.17, 15) is 8.78 Å². The Kier molecular flexibility index (Phi) is 5.31. The van der Waals surface area contributed by atoms with E-state index in [-0.39, 0.29) is 11.8 Å². The molecule has 2 rings (SSSR count). The van der Waals surface area contributed by atoms with E-state index in [1.807, 2.05) is 13.0 Å². The molecule has 0 bridgehead atoms. The molecule has 1 aromatic carbocycles. The van der Waals surface area contributed by atoms with Crippen molar-refractivity contribution < 1.29 is 13.5 Å². The fourth-order valence-corrected chi connectivity index (χ4v) is 3.22. The molecule has 0 fully saturated rings. The number of halogens is 2. The van der Waals surface area contributed by atoms with Crippen LogP contribution in [0.2, 0.25) is 0 Å². The third-order valence-corrected chi connectivity index (χ3v) is 4.35. The van der Waals surface area contributed by atoms with E-state index in [0.717, 1.165) is 5.56 Å². The second-order valence-corrected chi connectivity index (χ2v) is 6.42. The van der Waals surface area contributed by atoms with E-state index in [4.69, 9.17) is 0 Å². The lowest BCUT2D eigenvalue weighted by Gasteiger charge is -2.18. The highest BCUT2D eigenvalue weighted by Gasteiger charge is 2.14. The van der Waals surface area contributed by atoms with Crippen LogP contribution in [0.1, 0.15) is 33.8 Å². The zero-order chi connectivity index (χ0) is 15.4. The maximum atomic E-state index is 12.4. The first-order valence-corrected chi connectivity index (χ1v) is 7.62. The van der Waals surface area contributed by atoms with Crippen molar-refractivity contribution >= 4 is 11.3 Å². The highest BCUT2D eigenvalue weighted by Crippen LogP contribution is 2.27. The SMILES string of the molecule is Cc1cc(CNC(C)c2ccccc2OC(F)F)c(C)s1. The molecule has 0 saturated heterocycles. The number of hydrogen-bond acceptors (Lipinski definition) is 3. The van der Waals surface area contributed by atoms with E-state index in [2.05, 4.69) is 30.0 Å². The van der Waals surface area contributed by atoms with Gasteiger partial charge in [-0.05, 0) is 38.5 Å². The molecule has 5 heteroatoms. The van der Waals surface area contributed by atoms with Crippen molar-refractivity contribution in [3.05, 3.63) is 51.2 Å². The van der Waals surface area contributed by atoms with Gasteiger partial charge in [-0.2, -0.15) is 8.78 Å². The molecule has 1 aromatic heterocycles. The second-order valence-electron chi connectivity index (χ2n) is 4.96. The van der Waals surface area contributed by atoms with Gasteiger partial charge in [-0.1, -0.05) is 18.2 Å². The number of ether oxygens (including phenoxy) is 1. The van der Waals surface area contributed by atoms with Gasteiger partial charge in [-0.3, -0.25) is 0 Å². The standard InChI is InChI=1S/C16H19F2NOS/c1-10-8-13(12(3)21-10)9-19-11(2)14-6-4-5-7-15(14)20-16(17)18/h4-8,11,16,19H,9H2,1-3H3. The van der Waals surface area contributed by atoms with Gasteiger partial charge in [-0.15, -0.1) is 11.3 Å². The summed E-state index contributed by atoms with van der Waals surface area (Å²) in [4.78, 5) is 2.56. The zero-order valence-electron chi connectivity index (χ0n) is 12.3. The molecule has 1 heterocycles. The van der Waals surface area contributed by atoms with Gasteiger partial charge in [0.1, 0.15) is 5.75 Å². The van der Waals surface area contributed by atoms with Gasteiger partial charge < -0.3 is 10.1 Å². The van der Waals surface area contributed by atoms with E-state index in [0.29, 0.717) is 6.54 Å². The lowest BCUT2D eigenvalue weighted by atomic mass is 10.1. The Labute approximate surface area is 127 Å². The van der Waals surface area contributed by atoms with Crippen molar-refractivity contribution in [2.75, 3.05) is 0 Å². The lowest BCUT2D eigenvalue weighted by molar-refractivity contribution is -0.0506. The first-order valence-electron chi connectivity index (χ1n) is 6.80. The van der Waals surface area contributed by atoms with Gasteiger partial charge in [0.2, 0.25) is 0 Å². The van der Waals surface area contributed by atoms with Gasteiger partial charge in [0.05, 0.1) is 0 Å². The van der Waals surface area contributed by atoms with Gasteiger partial charge >= 0.3 is 6.61 Å². The smallest absolute Gasteiger partial charge is 0.387 e. The van der Waals surface area contributed by atoms with Crippen LogP contribution in [0.4, 0.5) is 8.78 Å². The summed E-state index contributed by atoms with van der Waals surface area (Å²) in [6.45, 7) is 4.02. The first kappa shape index (κ1) is 15.9. The minimum absolute atomic E-state index is 0.0699. The molecule has 0 saturated carbocycles. The van der Waals surface area contributed by atoms with Crippen molar-refractivity contribution in [1.29, 1.82) is 0 Å². The van der Waals surface area contributed by atoms with E-state index in [1.165, 1.54) is 15.3 Å². The van der Waals surface area contributed by atoms with Gasteiger partial charge in [0, 0.05) is 27.9 Å². The van der Waals surface area contributed by atoms with E-state index in [1.54, 1.807) is 29.5 Å². The molecule has 0 spiro atoms. The number of thiophene rings is 1. The Bertz CT molecular complexity index is 598. The molecule has 0 aliphatic heterocycles. The highest BCUT2D eigenvalue weighted by molar-refractivity contribution is 7.12. The fraction of sp³-hybridized carbons (Fsp3) is 0.375. The Morgan fingerprint density at radius 2 is 1.95 bits per heavy atom. The normalized spacial score (nSPS) is 12.7. The quantitative estimate of drug-likeness (QED) is 0.826. The topological polar surface area (TPSA) is 21.3 Å². The average molecular weight is 311 g/mol. The molecule has 0 radical (unpaired) electrons.